The van der Waals surface area contributed by atoms with Crippen LogP contribution in [0.2, 0.25) is 5.02 Å². The van der Waals surface area contributed by atoms with Crippen LogP contribution in [0, 0.1) is 11.2 Å². The van der Waals surface area contributed by atoms with Gasteiger partial charge in [-0.3, -0.25) is 14.4 Å². The molecule has 0 atom stereocenters. The average molecular weight is 458 g/mol. The van der Waals surface area contributed by atoms with E-state index in [-0.39, 0.29) is 28.4 Å². The minimum Gasteiger partial charge on any atom is -0.349 e. The maximum absolute atomic E-state index is 13.4. The lowest BCUT2D eigenvalue weighted by Crippen LogP contribution is -2.44. The third-order valence-corrected chi connectivity index (χ3v) is 6.94. The zero-order chi connectivity index (χ0) is 22.5. The van der Waals surface area contributed by atoms with Crippen molar-refractivity contribution in [2.45, 2.75) is 38.1 Å². The molecule has 2 aromatic heterocycles. The number of H-pyrrole nitrogens is 1. The first-order valence-electron chi connectivity index (χ1n) is 10.5. The zero-order valence-electron chi connectivity index (χ0n) is 17.1. The Morgan fingerprint density at radius 1 is 1.22 bits per heavy atom. The maximum atomic E-state index is 13.4. The molecule has 8 nitrogen and oxygen atoms in total. The third-order valence-electron chi connectivity index (χ3n) is 6.64. The van der Waals surface area contributed by atoms with Crippen LogP contribution in [0.4, 0.5) is 10.1 Å². The van der Waals surface area contributed by atoms with Crippen molar-refractivity contribution in [1.29, 1.82) is 0 Å². The first kappa shape index (κ1) is 20.7. The Hall–Kier alpha value is -3.20. The van der Waals surface area contributed by atoms with Crippen LogP contribution < -0.4 is 15.8 Å². The standard InChI is InChI=1S/C22H21ClFN5O3/c23-16-11-13(24)1-2-17(16)28-10-8-22(21(28)32)6-3-14(4-7-22)26-20(31)15-12-25-29-9-5-18(30)27-19(15)29/h1-2,5,9,11-12,14H,3-4,6-8,10H2,(H,26,31)(H,27,30)/t14-,22-. The van der Waals surface area contributed by atoms with Gasteiger partial charge in [0.2, 0.25) is 5.91 Å². The molecular formula is C22H21ClFN5O3. The molecule has 2 N–H and O–H groups in total. The number of halogens is 2. The van der Waals surface area contributed by atoms with E-state index in [0.29, 0.717) is 55.5 Å². The molecule has 0 radical (unpaired) electrons. The number of nitrogens with one attached hydrogen (secondary N) is 2. The van der Waals surface area contributed by atoms with Crippen LogP contribution in [-0.2, 0) is 4.79 Å². The summed E-state index contributed by atoms with van der Waals surface area (Å²) in [6, 6.07) is 5.33. The fourth-order valence-electron chi connectivity index (χ4n) is 4.86. The summed E-state index contributed by atoms with van der Waals surface area (Å²) >= 11 is 6.17. The Morgan fingerprint density at radius 2 is 2.00 bits per heavy atom. The van der Waals surface area contributed by atoms with Gasteiger partial charge < -0.3 is 15.2 Å². The topological polar surface area (TPSA) is 99.6 Å². The number of benzene rings is 1. The van der Waals surface area contributed by atoms with Crippen molar-refractivity contribution in [1.82, 2.24) is 19.9 Å². The fourth-order valence-corrected chi connectivity index (χ4v) is 5.12. The second kappa shape index (κ2) is 7.74. The zero-order valence-corrected chi connectivity index (χ0v) is 17.9. The van der Waals surface area contributed by atoms with Crippen molar-refractivity contribution < 1.29 is 14.0 Å². The highest BCUT2D eigenvalue weighted by Gasteiger charge is 2.49. The van der Waals surface area contributed by atoms with Gasteiger partial charge >= 0.3 is 0 Å². The smallest absolute Gasteiger partial charge is 0.256 e. The minimum absolute atomic E-state index is 0.0102. The number of aromatic nitrogens is 3. The fraction of sp³-hybridized carbons (Fsp3) is 0.364. The van der Waals surface area contributed by atoms with E-state index in [9.17, 15) is 18.8 Å². The Kier molecular flexibility index (Phi) is 5.00. The number of hydrogen-bond donors (Lipinski definition) is 2. The summed E-state index contributed by atoms with van der Waals surface area (Å²) in [6.45, 7) is 0.539. The Bertz CT molecular complexity index is 1280. The summed E-state index contributed by atoms with van der Waals surface area (Å²) in [5, 5.41) is 7.33. The Balaban J connectivity index is 1.26. The van der Waals surface area contributed by atoms with Crippen molar-refractivity contribution in [3.8, 4) is 0 Å². The van der Waals surface area contributed by atoms with Crippen LogP contribution in [0.1, 0.15) is 42.5 Å². The second-order valence-corrected chi connectivity index (χ2v) is 8.89. The predicted octanol–water partition coefficient (Wildman–Crippen LogP) is 2.91. The van der Waals surface area contributed by atoms with E-state index in [1.54, 1.807) is 11.0 Å². The Labute approximate surface area is 187 Å². The van der Waals surface area contributed by atoms with Gasteiger partial charge in [0.15, 0.2) is 0 Å². The predicted molar refractivity (Wildman–Crippen MR) is 116 cm³/mol. The molecule has 2 fully saturated rings. The van der Waals surface area contributed by atoms with Crippen molar-refractivity contribution >= 4 is 34.7 Å². The maximum Gasteiger partial charge on any atom is 0.256 e. The van der Waals surface area contributed by atoms with Crippen molar-refractivity contribution in [3.63, 3.8) is 0 Å². The summed E-state index contributed by atoms with van der Waals surface area (Å²) in [6.07, 6.45) is 6.26. The molecule has 3 heterocycles. The molecule has 1 saturated heterocycles. The molecule has 0 unspecified atom stereocenters. The van der Waals surface area contributed by atoms with Gasteiger partial charge in [0.25, 0.3) is 11.5 Å². The van der Waals surface area contributed by atoms with E-state index in [0.717, 1.165) is 0 Å². The molecule has 1 saturated carbocycles. The molecule has 1 aliphatic heterocycles. The van der Waals surface area contributed by atoms with Crippen molar-refractivity contribution in [2.75, 3.05) is 11.4 Å². The number of fused-ring (bicyclic) bond motifs is 1. The van der Waals surface area contributed by atoms with E-state index < -0.39 is 11.2 Å². The molecular weight excluding hydrogens is 437 g/mol. The van der Waals surface area contributed by atoms with Gasteiger partial charge in [0, 0.05) is 24.8 Å². The number of rotatable bonds is 3. The van der Waals surface area contributed by atoms with Gasteiger partial charge in [-0.1, -0.05) is 11.6 Å². The summed E-state index contributed by atoms with van der Waals surface area (Å²) in [4.78, 5) is 41.9. The quantitative estimate of drug-likeness (QED) is 0.631. The van der Waals surface area contributed by atoms with Crippen LogP contribution >= 0.6 is 11.6 Å². The first-order valence-corrected chi connectivity index (χ1v) is 10.9. The molecule has 166 valence electrons. The largest absolute Gasteiger partial charge is 0.349 e. The number of carbonyl (C=O) groups is 2. The number of nitrogens with zero attached hydrogens (tertiary/aromatic N) is 3. The Morgan fingerprint density at radius 3 is 2.75 bits per heavy atom. The van der Waals surface area contributed by atoms with Crippen LogP contribution in [-0.4, -0.2) is 39.0 Å². The van der Waals surface area contributed by atoms with E-state index in [1.165, 1.54) is 35.1 Å². The van der Waals surface area contributed by atoms with Crippen LogP contribution in [0.3, 0.4) is 0 Å². The molecule has 0 bridgehead atoms. The number of aromatic amines is 1. The lowest BCUT2D eigenvalue weighted by atomic mass is 9.71. The molecule has 3 aromatic rings. The van der Waals surface area contributed by atoms with Crippen molar-refractivity contribution in [3.05, 3.63) is 63.4 Å². The molecule has 1 aromatic carbocycles. The van der Waals surface area contributed by atoms with Gasteiger partial charge in [-0.25, -0.2) is 8.91 Å². The molecule has 10 heteroatoms. The van der Waals surface area contributed by atoms with E-state index in [4.69, 9.17) is 11.6 Å². The van der Waals surface area contributed by atoms with E-state index >= 15 is 0 Å². The average Bonchev–Trinajstić information content (AvgIpc) is 3.32. The van der Waals surface area contributed by atoms with Crippen LogP contribution in [0.25, 0.3) is 5.65 Å². The normalized spacial score (nSPS) is 23.2. The first-order chi connectivity index (χ1) is 15.4. The van der Waals surface area contributed by atoms with Gasteiger partial charge in [0.05, 0.1) is 22.3 Å². The number of carbonyl (C=O) groups excluding carboxylic acids is 2. The molecule has 2 amide bonds. The van der Waals surface area contributed by atoms with Gasteiger partial charge in [0.1, 0.15) is 17.0 Å². The molecule has 32 heavy (non-hydrogen) atoms. The monoisotopic (exact) mass is 457 g/mol. The van der Waals surface area contributed by atoms with Crippen LogP contribution in [0.5, 0.6) is 0 Å². The number of amides is 2. The van der Waals surface area contributed by atoms with Crippen molar-refractivity contribution in [2.24, 2.45) is 5.41 Å². The summed E-state index contributed by atoms with van der Waals surface area (Å²) in [5.41, 5.74) is 0.399. The minimum atomic E-state index is -0.478. The number of anilines is 1. The highest BCUT2D eigenvalue weighted by Crippen LogP contribution is 2.47. The number of hydrogen-bond acceptors (Lipinski definition) is 4. The molecule has 1 aliphatic carbocycles. The SMILES string of the molecule is O=C(N[C@H]1CC[C@@]2(CCN(c3ccc(F)cc3Cl)C2=O)CC1)c1cnn2ccc(=O)[nH]c12. The van der Waals surface area contributed by atoms with Gasteiger partial charge in [-0.2, -0.15) is 5.10 Å². The highest BCUT2D eigenvalue weighted by atomic mass is 35.5. The molecule has 2 aliphatic rings. The van der Waals surface area contributed by atoms with E-state index in [1.807, 2.05) is 0 Å². The molecule has 1 spiro atoms. The highest BCUT2D eigenvalue weighted by molar-refractivity contribution is 6.34. The van der Waals surface area contributed by atoms with Crippen LogP contribution in [0.15, 0.2) is 41.5 Å². The van der Waals surface area contributed by atoms with E-state index in [2.05, 4.69) is 15.4 Å². The lowest BCUT2D eigenvalue weighted by Gasteiger charge is -2.36. The summed E-state index contributed by atoms with van der Waals surface area (Å²) in [5.74, 6) is -0.733. The van der Waals surface area contributed by atoms with Gasteiger partial charge in [-0.05, 0) is 50.3 Å². The van der Waals surface area contributed by atoms with Gasteiger partial charge in [-0.15, -0.1) is 0 Å². The second-order valence-electron chi connectivity index (χ2n) is 8.49. The summed E-state index contributed by atoms with van der Waals surface area (Å²) in [7, 11) is 0. The third kappa shape index (κ3) is 3.46. The summed E-state index contributed by atoms with van der Waals surface area (Å²) < 4.78 is 14.8. The lowest BCUT2D eigenvalue weighted by molar-refractivity contribution is -0.127. The molecule has 5 rings (SSSR count).